The van der Waals surface area contributed by atoms with Gasteiger partial charge >= 0.3 is 0 Å². The van der Waals surface area contributed by atoms with Gasteiger partial charge in [0.1, 0.15) is 5.01 Å². The standard InChI is InChI=1S/C22H29N5O2S/c1-25-8-6-17(7-9-25)26-10-12-27(13-11-26)20(28)14-16-15-30-22(24-16)19-5-3-2-4-18(19)21(23)29/h2-5,15,17H,6-14H2,1H3,(H2,23,29). The Hall–Kier alpha value is -2.29. The van der Waals surface area contributed by atoms with Crippen LogP contribution in [-0.4, -0.2) is 83.9 Å². The number of carbonyl (C=O) groups is 2. The third-order valence-electron chi connectivity index (χ3n) is 6.18. The summed E-state index contributed by atoms with van der Waals surface area (Å²) < 4.78 is 0. The number of rotatable bonds is 5. The first-order chi connectivity index (χ1) is 14.5. The number of likely N-dealkylation sites (tertiary alicyclic amines) is 1. The van der Waals surface area contributed by atoms with Crippen LogP contribution in [0.15, 0.2) is 29.6 Å². The first-order valence-corrected chi connectivity index (χ1v) is 11.4. The normalized spacial score (nSPS) is 19.2. The molecule has 2 aliphatic rings. The zero-order valence-electron chi connectivity index (χ0n) is 17.4. The second-order valence-corrected chi connectivity index (χ2v) is 9.04. The smallest absolute Gasteiger partial charge is 0.249 e. The Kier molecular flexibility index (Phi) is 6.46. The number of piperazine rings is 1. The molecule has 1 aromatic heterocycles. The van der Waals surface area contributed by atoms with Crippen LogP contribution in [0.1, 0.15) is 28.9 Å². The van der Waals surface area contributed by atoms with E-state index in [-0.39, 0.29) is 5.91 Å². The molecule has 4 rings (SSSR count). The molecule has 2 N–H and O–H groups in total. The fourth-order valence-corrected chi connectivity index (χ4v) is 5.22. The molecule has 3 heterocycles. The van der Waals surface area contributed by atoms with Crippen LogP contribution >= 0.6 is 11.3 Å². The van der Waals surface area contributed by atoms with E-state index < -0.39 is 5.91 Å². The van der Waals surface area contributed by atoms with Gasteiger partial charge in [-0.15, -0.1) is 11.3 Å². The van der Waals surface area contributed by atoms with Crippen molar-refractivity contribution in [1.82, 2.24) is 19.7 Å². The predicted molar refractivity (Wildman–Crippen MR) is 118 cm³/mol. The van der Waals surface area contributed by atoms with Gasteiger partial charge in [-0.1, -0.05) is 18.2 Å². The number of carbonyl (C=O) groups excluding carboxylic acids is 2. The van der Waals surface area contributed by atoms with Crippen molar-refractivity contribution in [1.29, 1.82) is 0 Å². The molecule has 2 saturated heterocycles. The van der Waals surface area contributed by atoms with Crippen molar-refractivity contribution in [2.45, 2.75) is 25.3 Å². The molecule has 8 heteroatoms. The number of nitrogens with two attached hydrogens (primary N) is 1. The van der Waals surface area contributed by atoms with Crippen molar-refractivity contribution in [3.8, 4) is 10.6 Å². The van der Waals surface area contributed by atoms with Gasteiger partial charge in [0.15, 0.2) is 0 Å². The van der Waals surface area contributed by atoms with E-state index in [2.05, 4.69) is 21.8 Å². The van der Waals surface area contributed by atoms with Gasteiger partial charge < -0.3 is 15.5 Å². The van der Waals surface area contributed by atoms with Gasteiger partial charge in [-0.2, -0.15) is 0 Å². The van der Waals surface area contributed by atoms with Gasteiger partial charge in [-0.3, -0.25) is 14.5 Å². The van der Waals surface area contributed by atoms with Gasteiger partial charge in [-0.05, 0) is 39.0 Å². The summed E-state index contributed by atoms with van der Waals surface area (Å²) in [6.45, 7) is 5.80. The molecular formula is C22H29N5O2S. The topological polar surface area (TPSA) is 82.8 Å². The molecule has 0 atom stereocenters. The Morgan fingerprint density at radius 1 is 1.10 bits per heavy atom. The Labute approximate surface area is 181 Å². The predicted octanol–water partition coefficient (Wildman–Crippen LogP) is 1.69. The lowest BCUT2D eigenvalue weighted by Crippen LogP contribution is -2.54. The minimum absolute atomic E-state index is 0.123. The number of primary amides is 1. The third kappa shape index (κ3) is 4.71. The minimum atomic E-state index is -0.471. The highest BCUT2D eigenvalue weighted by Crippen LogP contribution is 2.27. The quantitative estimate of drug-likeness (QED) is 0.785. The highest BCUT2D eigenvalue weighted by atomic mass is 32.1. The van der Waals surface area contributed by atoms with Crippen LogP contribution in [0.2, 0.25) is 0 Å². The maximum Gasteiger partial charge on any atom is 0.249 e. The average Bonchev–Trinajstić information content (AvgIpc) is 3.22. The number of nitrogens with zero attached hydrogens (tertiary/aromatic N) is 4. The van der Waals surface area contributed by atoms with Gasteiger partial charge in [0.2, 0.25) is 11.8 Å². The molecule has 0 aliphatic carbocycles. The molecule has 7 nitrogen and oxygen atoms in total. The van der Waals surface area contributed by atoms with Crippen molar-refractivity contribution in [2.75, 3.05) is 46.3 Å². The number of piperidine rings is 1. The summed E-state index contributed by atoms with van der Waals surface area (Å²) in [5.74, 6) is -0.348. The Morgan fingerprint density at radius 2 is 1.80 bits per heavy atom. The highest BCUT2D eigenvalue weighted by molar-refractivity contribution is 7.13. The van der Waals surface area contributed by atoms with E-state index in [0.29, 0.717) is 18.0 Å². The molecule has 0 spiro atoms. The lowest BCUT2D eigenvalue weighted by molar-refractivity contribution is -0.132. The van der Waals surface area contributed by atoms with E-state index in [9.17, 15) is 9.59 Å². The molecule has 2 fully saturated rings. The summed E-state index contributed by atoms with van der Waals surface area (Å²) in [5, 5.41) is 2.62. The second-order valence-electron chi connectivity index (χ2n) is 8.18. The molecule has 0 radical (unpaired) electrons. The SMILES string of the molecule is CN1CCC(N2CCN(C(=O)Cc3csc(-c4ccccc4C(N)=O)n3)CC2)CC1. The van der Waals surface area contributed by atoms with Gasteiger partial charge in [0.25, 0.3) is 0 Å². The van der Waals surface area contributed by atoms with Crippen molar-refractivity contribution >= 4 is 23.2 Å². The van der Waals surface area contributed by atoms with Crippen LogP contribution in [0.25, 0.3) is 10.6 Å². The van der Waals surface area contributed by atoms with E-state index in [1.807, 2.05) is 22.4 Å². The zero-order chi connectivity index (χ0) is 21.1. The molecule has 160 valence electrons. The van der Waals surface area contributed by atoms with Crippen LogP contribution < -0.4 is 5.73 Å². The first-order valence-electron chi connectivity index (χ1n) is 10.5. The van der Waals surface area contributed by atoms with E-state index in [4.69, 9.17) is 5.73 Å². The Balaban J connectivity index is 1.33. The summed E-state index contributed by atoms with van der Waals surface area (Å²) in [6.07, 6.45) is 2.74. The summed E-state index contributed by atoms with van der Waals surface area (Å²) in [6, 6.07) is 7.84. The van der Waals surface area contributed by atoms with Crippen molar-refractivity contribution in [3.05, 3.63) is 40.9 Å². The van der Waals surface area contributed by atoms with Crippen molar-refractivity contribution in [3.63, 3.8) is 0 Å². The summed E-state index contributed by atoms with van der Waals surface area (Å²) in [7, 11) is 2.18. The average molecular weight is 428 g/mol. The van der Waals surface area contributed by atoms with Crippen molar-refractivity contribution < 1.29 is 9.59 Å². The number of amides is 2. The number of aromatic nitrogens is 1. The minimum Gasteiger partial charge on any atom is -0.366 e. The molecule has 0 saturated carbocycles. The third-order valence-corrected chi connectivity index (χ3v) is 7.10. The fraction of sp³-hybridized carbons (Fsp3) is 0.500. The van der Waals surface area contributed by atoms with Crippen LogP contribution in [0.3, 0.4) is 0 Å². The van der Waals surface area contributed by atoms with Crippen LogP contribution in [-0.2, 0) is 11.2 Å². The number of hydrogen-bond acceptors (Lipinski definition) is 6. The van der Waals surface area contributed by atoms with E-state index in [1.54, 1.807) is 12.1 Å². The number of thiazole rings is 1. The van der Waals surface area contributed by atoms with E-state index in [1.165, 1.54) is 24.2 Å². The van der Waals surface area contributed by atoms with Crippen LogP contribution in [0, 0.1) is 0 Å². The largest absolute Gasteiger partial charge is 0.366 e. The van der Waals surface area contributed by atoms with E-state index in [0.717, 1.165) is 55.5 Å². The molecular weight excluding hydrogens is 398 g/mol. The number of hydrogen-bond donors (Lipinski definition) is 1. The first kappa shape index (κ1) is 21.0. The Morgan fingerprint density at radius 3 is 2.50 bits per heavy atom. The fourth-order valence-electron chi connectivity index (χ4n) is 4.36. The van der Waals surface area contributed by atoms with E-state index >= 15 is 0 Å². The van der Waals surface area contributed by atoms with Crippen LogP contribution in [0.5, 0.6) is 0 Å². The number of benzene rings is 1. The summed E-state index contributed by atoms with van der Waals surface area (Å²) >= 11 is 1.44. The molecule has 2 aromatic rings. The summed E-state index contributed by atoms with van der Waals surface area (Å²) in [5.41, 5.74) is 7.40. The highest BCUT2D eigenvalue weighted by Gasteiger charge is 2.28. The maximum absolute atomic E-state index is 12.8. The monoisotopic (exact) mass is 427 g/mol. The van der Waals surface area contributed by atoms with Gasteiger partial charge in [-0.25, -0.2) is 4.98 Å². The van der Waals surface area contributed by atoms with Crippen LogP contribution in [0.4, 0.5) is 0 Å². The second kappa shape index (κ2) is 9.24. The summed E-state index contributed by atoms with van der Waals surface area (Å²) in [4.78, 5) is 36.0. The lowest BCUT2D eigenvalue weighted by atomic mass is 10.0. The molecule has 2 aliphatic heterocycles. The zero-order valence-corrected chi connectivity index (χ0v) is 18.2. The maximum atomic E-state index is 12.8. The lowest BCUT2D eigenvalue weighted by Gasteiger charge is -2.42. The molecule has 0 bridgehead atoms. The molecule has 2 amide bonds. The van der Waals surface area contributed by atoms with Crippen molar-refractivity contribution in [2.24, 2.45) is 5.73 Å². The van der Waals surface area contributed by atoms with Gasteiger partial charge in [0.05, 0.1) is 12.1 Å². The molecule has 30 heavy (non-hydrogen) atoms. The molecule has 1 aromatic carbocycles. The molecule has 0 unspecified atom stereocenters. The van der Waals surface area contributed by atoms with Gasteiger partial charge in [0, 0.05) is 48.7 Å². The Bertz CT molecular complexity index is 898.